The van der Waals surface area contributed by atoms with Gasteiger partial charge in [-0.3, -0.25) is 0 Å². The lowest BCUT2D eigenvalue weighted by atomic mass is 10.2. The van der Waals surface area contributed by atoms with Crippen molar-refractivity contribution in [3.05, 3.63) is 22.9 Å². The van der Waals surface area contributed by atoms with E-state index in [2.05, 4.69) is 19.1 Å². The highest BCUT2D eigenvalue weighted by Gasteiger charge is 1.99. The second kappa shape index (κ2) is 2.31. The van der Waals surface area contributed by atoms with Gasteiger partial charge in [-0.25, -0.2) is 0 Å². The summed E-state index contributed by atoms with van der Waals surface area (Å²) >= 11 is 0. The van der Waals surface area contributed by atoms with E-state index in [4.69, 9.17) is 0 Å². The summed E-state index contributed by atoms with van der Waals surface area (Å²) in [7, 11) is 1.26. The van der Waals surface area contributed by atoms with Gasteiger partial charge in [0.15, 0.2) is 0 Å². The van der Waals surface area contributed by atoms with Crippen LogP contribution in [-0.4, -0.2) is 10.2 Å². The predicted octanol–water partition coefficient (Wildman–Crippen LogP) is 0.976. The van der Waals surface area contributed by atoms with Gasteiger partial charge in [-0.15, -0.1) is 0 Å². The van der Waals surface area contributed by atoms with E-state index in [0.717, 1.165) is 0 Å². The first-order valence-corrected chi connectivity index (χ1v) is 4.19. The number of rotatable bonds is 1. The van der Waals surface area contributed by atoms with Crippen molar-refractivity contribution in [2.75, 3.05) is 0 Å². The second-order valence-corrected chi connectivity index (χ2v) is 3.47. The van der Waals surface area contributed by atoms with Crippen molar-refractivity contribution in [3.8, 4) is 0 Å². The predicted molar refractivity (Wildman–Crippen MR) is 41.0 cm³/mol. The van der Waals surface area contributed by atoms with Gasteiger partial charge in [-0.1, -0.05) is 29.8 Å². The Morgan fingerprint density at radius 1 is 1.75 bits per heavy atom. The van der Waals surface area contributed by atoms with Crippen LogP contribution in [0.15, 0.2) is 22.9 Å². The minimum absolute atomic E-state index is 1.23. The van der Waals surface area contributed by atoms with E-state index in [1.807, 2.05) is 0 Å². The molecule has 0 aromatic heterocycles. The van der Waals surface area contributed by atoms with Crippen LogP contribution in [0.25, 0.3) is 0 Å². The van der Waals surface area contributed by atoms with Crippen LogP contribution in [0, 0.1) is 0 Å². The topological polar surface area (TPSA) is 0 Å². The van der Waals surface area contributed by atoms with E-state index in [1.165, 1.54) is 23.1 Å². The van der Waals surface area contributed by atoms with Crippen LogP contribution in [0.5, 0.6) is 0 Å². The molecule has 0 nitrogen and oxygen atoms in total. The van der Waals surface area contributed by atoms with Crippen molar-refractivity contribution in [2.24, 2.45) is 0 Å². The molecule has 0 unspecified atom stereocenters. The van der Waals surface area contributed by atoms with Crippen LogP contribution in [-0.2, 0) is 0 Å². The molecule has 0 N–H and O–H groups in total. The second-order valence-electron chi connectivity index (χ2n) is 2.27. The first kappa shape index (κ1) is 5.83. The molecule has 0 heterocycles. The third-order valence-electron chi connectivity index (χ3n) is 1.67. The summed E-state index contributed by atoms with van der Waals surface area (Å²) < 4.78 is 0. The highest BCUT2D eigenvalue weighted by Crippen LogP contribution is 2.17. The molecular formula is C7H12Si. The Hall–Kier alpha value is -0.303. The van der Waals surface area contributed by atoms with Gasteiger partial charge in [-0.05, 0) is 12.8 Å². The summed E-state index contributed by atoms with van der Waals surface area (Å²) in [4.78, 5) is 0. The zero-order valence-corrected chi connectivity index (χ0v) is 7.57. The molecule has 0 aliphatic heterocycles. The SMILES string of the molecule is CCC1=C([SiH3])CC=C1. The fourth-order valence-electron chi connectivity index (χ4n) is 1.07. The standard InChI is InChI=1S/C7H12Si/c1-2-6-4-3-5-7(6)8/h3-4H,2,5H2,1,8H3. The zero-order valence-electron chi connectivity index (χ0n) is 5.57. The molecular weight excluding hydrogens is 112 g/mol. The highest BCUT2D eigenvalue weighted by molar-refractivity contribution is 6.22. The Labute approximate surface area is 53.7 Å². The van der Waals surface area contributed by atoms with E-state index in [9.17, 15) is 0 Å². The average molecular weight is 124 g/mol. The molecule has 1 aliphatic carbocycles. The maximum Gasteiger partial charge on any atom is 0.0340 e. The molecule has 0 aromatic rings. The molecule has 8 heavy (non-hydrogen) atoms. The van der Waals surface area contributed by atoms with E-state index < -0.39 is 0 Å². The van der Waals surface area contributed by atoms with Gasteiger partial charge >= 0.3 is 0 Å². The van der Waals surface area contributed by atoms with Crippen LogP contribution in [0.4, 0.5) is 0 Å². The molecule has 1 heteroatoms. The van der Waals surface area contributed by atoms with Crippen LogP contribution in [0.3, 0.4) is 0 Å². The zero-order chi connectivity index (χ0) is 5.98. The Bertz CT molecular complexity index is 142. The van der Waals surface area contributed by atoms with Gasteiger partial charge in [0.25, 0.3) is 0 Å². The molecule has 44 valence electrons. The minimum Gasteiger partial charge on any atom is -0.0850 e. The third-order valence-corrected chi connectivity index (χ3v) is 2.72. The number of hydrogen-bond donors (Lipinski definition) is 0. The molecule has 0 amide bonds. The van der Waals surface area contributed by atoms with E-state index in [1.54, 1.807) is 10.8 Å². The van der Waals surface area contributed by atoms with Crippen molar-refractivity contribution in [1.29, 1.82) is 0 Å². The lowest BCUT2D eigenvalue weighted by Gasteiger charge is -1.93. The molecule has 0 saturated carbocycles. The average Bonchev–Trinajstić information content (AvgIpc) is 2.14. The van der Waals surface area contributed by atoms with E-state index in [0.29, 0.717) is 0 Å². The number of hydrogen-bond acceptors (Lipinski definition) is 0. The first-order valence-electron chi connectivity index (χ1n) is 3.19. The Kier molecular flexibility index (Phi) is 1.68. The third kappa shape index (κ3) is 0.919. The van der Waals surface area contributed by atoms with Crippen molar-refractivity contribution < 1.29 is 0 Å². The summed E-state index contributed by atoms with van der Waals surface area (Å²) in [6, 6.07) is 0. The largest absolute Gasteiger partial charge is 0.0850 e. The Morgan fingerprint density at radius 3 is 2.75 bits per heavy atom. The summed E-state index contributed by atoms with van der Waals surface area (Å²) in [5, 5.41) is 1.69. The van der Waals surface area contributed by atoms with Gasteiger partial charge in [0.05, 0.1) is 0 Å². The molecule has 0 aromatic carbocycles. The molecule has 0 bridgehead atoms. The van der Waals surface area contributed by atoms with Crippen molar-refractivity contribution in [2.45, 2.75) is 19.8 Å². The lowest BCUT2D eigenvalue weighted by molar-refractivity contribution is 1.14. The highest BCUT2D eigenvalue weighted by atomic mass is 28.1. The first-order chi connectivity index (χ1) is 3.84. The van der Waals surface area contributed by atoms with Gasteiger partial charge in [0, 0.05) is 10.2 Å². The molecule has 1 aliphatic rings. The molecule has 0 spiro atoms. The number of allylic oxidation sites excluding steroid dienone is 4. The molecule has 1 rings (SSSR count). The summed E-state index contributed by atoms with van der Waals surface area (Å²) in [5.41, 5.74) is 1.59. The molecule has 0 atom stereocenters. The van der Waals surface area contributed by atoms with Gasteiger partial charge in [-0.2, -0.15) is 0 Å². The quantitative estimate of drug-likeness (QED) is 0.457. The normalized spacial score (nSPS) is 18.6. The van der Waals surface area contributed by atoms with Crippen LogP contribution in [0.1, 0.15) is 19.8 Å². The Balaban J connectivity index is 2.70. The minimum atomic E-state index is 1.23. The molecule has 0 fully saturated rings. The van der Waals surface area contributed by atoms with Gasteiger partial charge in [0.1, 0.15) is 0 Å². The van der Waals surface area contributed by atoms with Crippen LogP contribution >= 0.6 is 0 Å². The maximum absolute atomic E-state index is 2.27. The summed E-state index contributed by atoms with van der Waals surface area (Å²) in [5.74, 6) is 0. The van der Waals surface area contributed by atoms with Crippen LogP contribution < -0.4 is 0 Å². The van der Waals surface area contributed by atoms with E-state index in [-0.39, 0.29) is 0 Å². The molecule has 0 radical (unpaired) electrons. The summed E-state index contributed by atoms with van der Waals surface area (Å²) in [6.07, 6.45) is 7.01. The van der Waals surface area contributed by atoms with Gasteiger partial charge < -0.3 is 0 Å². The van der Waals surface area contributed by atoms with Crippen molar-refractivity contribution >= 4 is 10.2 Å². The fourth-order valence-corrected chi connectivity index (χ4v) is 1.83. The maximum atomic E-state index is 2.27. The van der Waals surface area contributed by atoms with Gasteiger partial charge in [0.2, 0.25) is 0 Å². The van der Waals surface area contributed by atoms with Crippen LogP contribution in [0.2, 0.25) is 0 Å². The lowest BCUT2D eigenvalue weighted by Crippen LogP contribution is -1.79. The smallest absolute Gasteiger partial charge is 0.0340 e. The molecule has 0 saturated heterocycles. The van der Waals surface area contributed by atoms with Crippen molar-refractivity contribution in [3.63, 3.8) is 0 Å². The summed E-state index contributed by atoms with van der Waals surface area (Å²) in [6.45, 7) is 2.23. The van der Waals surface area contributed by atoms with Crippen molar-refractivity contribution in [1.82, 2.24) is 0 Å². The van der Waals surface area contributed by atoms with E-state index >= 15 is 0 Å². The Morgan fingerprint density at radius 2 is 2.50 bits per heavy atom. The fraction of sp³-hybridized carbons (Fsp3) is 0.429. The monoisotopic (exact) mass is 124 g/mol.